The molecule has 26 heavy (non-hydrogen) atoms. The van der Waals surface area contributed by atoms with Gasteiger partial charge < -0.3 is 14.8 Å². The van der Waals surface area contributed by atoms with E-state index in [1.807, 2.05) is 24.1 Å². The van der Waals surface area contributed by atoms with Gasteiger partial charge in [0.15, 0.2) is 0 Å². The maximum Gasteiger partial charge on any atom is 0.238 e. The number of carbonyl (C=O) groups is 1. The smallest absolute Gasteiger partial charge is 0.238 e. The van der Waals surface area contributed by atoms with Crippen molar-refractivity contribution in [2.45, 2.75) is 6.42 Å². The highest BCUT2D eigenvalue weighted by atomic mass is 35.5. The summed E-state index contributed by atoms with van der Waals surface area (Å²) < 4.78 is 10.9. The molecule has 0 saturated carbocycles. The third kappa shape index (κ3) is 6.75. The van der Waals surface area contributed by atoms with Crippen molar-refractivity contribution in [3.63, 3.8) is 0 Å². The van der Waals surface area contributed by atoms with Gasteiger partial charge in [0.05, 0.1) is 25.9 Å². The summed E-state index contributed by atoms with van der Waals surface area (Å²) in [5, 5.41) is 4.00. The Morgan fingerprint density at radius 3 is 2.65 bits per heavy atom. The summed E-state index contributed by atoms with van der Waals surface area (Å²) >= 11 is 11.9. The number of halogens is 2. The van der Waals surface area contributed by atoms with Gasteiger partial charge in [-0.25, -0.2) is 0 Å². The Morgan fingerprint density at radius 2 is 1.92 bits per heavy atom. The lowest BCUT2D eigenvalue weighted by Crippen LogP contribution is -2.31. The number of hydrogen-bond acceptors (Lipinski definition) is 4. The molecule has 0 atom stereocenters. The first kappa shape index (κ1) is 20.4. The van der Waals surface area contributed by atoms with Gasteiger partial charge in [-0.3, -0.25) is 9.69 Å². The van der Waals surface area contributed by atoms with Gasteiger partial charge >= 0.3 is 0 Å². The summed E-state index contributed by atoms with van der Waals surface area (Å²) in [4.78, 5) is 14.1. The lowest BCUT2D eigenvalue weighted by Gasteiger charge is -2.17. The first-order valence-electron chi connectivity index (χ1n) is 8.18. The van der Waals surface area contributed by atoms with Crippen LogP contribution < -0.4 is 14.8 Å². The predicted molar refractivity (Wildman–Crippen MR) is 106 cm³/mol. The molecule has 2 aromatic rings. The van der Waals surface area contributed by atoms with Crippen LogP contribution in [0.5, 0.6) is 11.5 Å². The van der Waals surface area contributed by atoms with Gasteiger partial charge in [0.2, 0.25) is 5.91 Å². The van der Waals surface area contributed by atoms with Gasteiger partial charge in [-0.1, -0.05) is 29.3 Å². The molecular formula is C19H22Cl2N2O3. The van der Waals surface area contributed by atoms with Gasteiger partial charge in [0.25, 0.3) is 0 Å². The molecule has 0 saturated heterocycles. The van der Waals surface area contributed by atoms with E-state index in [1.165, 1.54) is 0 Å². The molecule has 2 aromatic carbocycles. The number of methoxy groups -OCH3 is 1. The summed E-state index contributed by atoms with van der Waals surface area (Å²) in [6.45, 7) is 1.53. The summed E-state index contributed by atoms with van der Waals surface area (Å²) in [6, 6.07) is 12.4. The molecule has 0 aromatic heterocycles. The Balaban J connectivity index is 1.73. The van der Waals surface area contributed by atoms with Crippen molar-refractivity contribution in [2.75, 3.05) is 39.2 Å². The van der Waals surface area contributed by atoms with E-state index >= 15 is 0 Å². The van der Waals surface area contributed by atoms with Crippen LogP contribution in [0.1, 0.15) is 6.42 Å². The van der Waals surface area contributed by atoms with E-state index in [-0.39, 0.29) is 12.5 Å². The number of rotatable bonds is 9. The van der Waals surface area contributed by atoms with Gasteiger partial charge in [-0.05, 0) is 49.9 Å². The van der Waals surface area contributed by atoms with Crippen LogP contribution in [0, 0.1) is 0 Å². The van der Waals surface area contributed by atoms with Crippen molar-refractivity contribution in [1.82, 2.24) is 4.90 Å². The molecule has 5 nitrogen and oxygen atoms in total. The van der Waals surface area contributed by atoms with E-state index in [2.05, 4.69) is 5.32 Å². The van der Waals surface area contributed by atoms with Crippen molar-refractivity contribution in [3.8, 4) is 11.5 Å². The first-order chi connectivity index (χ1) is 12.5. The zero-order valence-electron chi connectivity index (χ0n) is 14.8. The van der Waals surface area contributed by atoms with Crippen molar-refractivity contribution in [2.24, 2.45) is 0 Å². The van der Waals surface area contributed by atoms with Crippen LogP contribution in [-0.4, -0.2) is 44.7 Å². The van der Waals surface area contributed by atoms with Gasteiger partial charge in [0, 0.05) is 16.6 Å². The lowest BCUT2D eigenvalue weighted by atomic mass is 10.3. The summed E-state index contributed by atoms with van der Waals surface area (Å²) in [6.07, 6.45) is 0.788. The number of hydrogen-bond donors (Lipinski definition) is 1. The molecule has 140 valence electrons. The molecular weight excluding hydrogens is 375 g/mol. The minimum atomic E-state index is -0.135. The van der Waals surface area contributed by atoms with Crippen molar-refractivity contribution in [1.29, 1.82) is 0 Å². The van der Waals surface area contributed by atoms with E-state index in [1.54, 1.807) is 37.4 Å². The molecule has 0 spiro atoms. The molecule has 0 aliphatic carbocycles. The maximum absolute atomic E-state index is 12.2. The minimum Gasteiger partial charge on any atom is -0.495 e. The molecule has 0 bridgehead atoms. The summed E-state index contributed by atoms with van der Waals surface area (Å²) in [7, 11) is 3.43. The standard InChI is InChI=1S/C19H22Cl2N2O3/c1-23(9-4-10-26-16-6-3-5-14(20)11-16)13-19(24)22-17-12-15(21)7-8-18(17)25-2/h3,5-8,11-12H,4,9-10,13H2,1-2H3,(H,22,24). The third-order valence-corrected chi connectivity index (χ3v) is 4.07. The van der Waals surface area contributed by atoms with Gasteiger partial charge in [-0.2, -0.15) is 0 Å². The highest BCUT2D eigenvalue weighted by molar-refractivity contribution is 6.31. The molecule has 1 amide bonds. The number of anilines is 1. The van der Waals surface area contributed by atoms with Crippen LogP contribution >= 0.6 is 23.2 Å². The largest absolute Gasteiger partial charge is 0.495 e. The average molecular weight is 397 g/mol. The second kappa shape index (κ2) is 10.3. The lowest BCUT2D eigenvalue weighted by molar-refractivity contribution is -0.117. The van der Waals surface area contributed by atoms with E-state index in [4.69, 9.17) is 32.7 Å². The van der Waals surface area contributed by atoms with E-state index in [9.17, 15) is 4.79 Å². The molecule has 0 fully saturated rings. The molecule has 0 aliphatic rings. The maximum atomic E-state index is 12.2. The van der Waals surface area contributed by atoms with Crippen LogP contribution in [0.2, 0.25) is 10.0 Å². The van der Waals surface area contributed by atoms with Crippen molar-refractivity contribution >= 4 is 34.8 Å². The molecule has 2 rings (SSSR count). The van der Waals surface area contributed by atoms with Crippen LogP contribution in [0.15, 0.2) is 42.5 Å². The first-order valence-corrected chi connectivity index (χ1v) is 8.94. The molecule has 1 N–H and O–H groups in total. The minimum absolute atomic E-state index is 0.135. The normalized spacial score (nSPS) is 10.7. The fourth-order valence-electron chi connectivity index (χ4n) is 2.37. The molecule has 7 heteroatoms. The zero-order valence-corrected chi connectivity index (χ0v) is 16.3. The Hall–Kier alpha value is -1.95. The van der Waals surface area contributed by atoms with Crippen molar-refractivity contribution in [3.05, 3.63) is 52.5 Å². The predicted octanol–water partition coefficient (Wildman–Crippen LogP) is 4.34. The number of nitrogens with zero attached hydrogens (tertiary/aromatic N) is 1. The number of amides is 1. The topological polar surface area (TPSA) is 50.8 Å². The molecule has 0 unspecified atom stereocenters. The van der Waals surface area contributed by atoms with E-state index in [0.29, 0.717) is 28.1 Å². The number of ether oxygens (including phenoxy) is 2. The Labute approximate surface area is 163 Å². The average Bonchev–Trinajstić information content (AvgIpc) is 2.59. The van der Waals surface area contributed by atoms with Crippen LogP contribution in [-0.2, 0) is 4.79 Å². The fraction of sp³-hybridized carbons (Fsp3) is 0.316. The molecule has 0 radical (unpaired) electrons. The second-order valence-electron chi connectivity index (χ2n) is 5.79. The number of benzene rings is 2. The van der Waals surface area contributed by atoms with Gasteiger partial charge in [-0.15, -0.1) is 0 Å². The highest BCUT2D eigenvalue weighted by Gasteiger charge is 2.10. The quantitative estimate of drug-likeness (QED) is 0.640. The Bertz CT molecular complexity index is 740. The Kier molecular flexibility index (Phi) is 8.04. The molecule has 0 aliphatic heterocycles. The van der Waals surface area contributed by atoms with E-state index < -0.39 is 0 Å². The SMILES string of the molecule is COc1ccc(Cl)cc1NC(=O)CN(C)CCCOc1cccc(Cl)c1. The van der Waals surface area contributed by atoms with Crippen LogP contribution in [0.4, 0.5) is 5.69 Å². The number of likely N-dealkylation sites (N-methyl/N-ethyl adjacent to an activating group) is 1. The van der Waals surface area contributed by atoms with Crippen LogP contribution in [0.3, 0.4) is 0 Å². The van der Waals surface area contributed by atoms with Gasteiger partial charge in [0.1, 0.15) is 11.5 Å². The second-order valence-corrected chi connectivity index (χ2v) is 6.66. The summed E-state index contributed by atoms with van der Waals surface area (Å²) in [5.74, 6) is 1.18. The zero-order chi connectivity index (χ0) is 18.9. The fourth-order valence-corrected chi connectivity index (χ4v) is 2.73. The summed E-state index contributed by atoms with van der Waals surface area (Å²) in [5.41, 5.74) is 0.558. The van der Waals surface area contributed by atoms with Crippen molar-refractivity contribution < 1.29 is 14.3 Å². The number of nitrogens with one attached hydrogen (secondary N) is 1. The monoisotopic (exact) mass is 396 g/mol. The Morgan fingerprint density at radius 1 is 1.15 bits per heavy atom. The number of carbonyl (C=O) groups excluding carboxylic acids is 1. The third-order valence-electron chi connectivity index (χ3n) is 3.60. The highest BCUT2D eigenvalue weighted by Crippen LogP contribution is 2.27. The van der Waals surface area contributed by atoms with Crippen LogP contribution in [0.25, 0.3) is 0 Å². The van der Waals surface area contributed by atoms with E-state index in [0.717, 1.165) is 18.7 Å². The molecule has 0 heterocycles.